The van der Waals surface area contributed by atoms with Crippen molar-refractivity contribution in [3.63, 3.8) is 0 Å². The molecule has 7 nitrogen and oxygen atoms in total. The molecule has 1 fully saturated rings. The van der Waals surface area contributed by atoms with Crippen LogP contribution >= 0.6 is 0 Å². The Bertz CT molecular complexity index is 643. The van der Waals surface area contributed by atoms with Crippen molar-refractivity contribution in [1.29, 1.82) is 0 Å². The summed E-state index contributed by atoms with van der Waals surface area (Å²) in [7, 11) is 0. The van der Waals surface area contributed by atoms with Gasteiger partial charge in [0, 0.05) is 18.8 Å². The summed E-state index contributed by atoms with van der Waals surface area (Å²) >= 11 is 0. The van der Waals surface area contributed by atoms with Crippen molar-refractivity contribution in [3.05, 3.63) is 40.7 Å². The van der Waals surface area contributed by atoms with E-state index in [1.165, 1.54) is 12.3 Å². The fourth-order valence-corrected chi connectivity index (χ4v) is 2.72. The molecule has 1 aliphatic rings. The molecule has 2 aromatic heterocycles. The molecule has 3 rings (SSSR count). The minimum absolute atomic E-state index is 0.0220. The number of hydrogen-bond donors (Lipinski definition) is 0. The first kappa shape index (κ1) is 13.9. The molecule has 112 valence electrons. The quantitative estimate of drug-likeness (QED) is 0.830. The first-order valence-corrected chi connectivity index (χ1v) is 7.23. The van der Waals surface area contributed by atoms with Gasteiger partial charge < -0.3 is 4.52 Å². The summed E-state index contributed by atoms with van der Waals surface area (Å²) in [6.45, 7) is 5.26. The van der Waals surface area contributed by atoms with Gasteiger partial charge in [0.1, 0.15) is 0 Å². The average molecular weight is 289 g/mol. The molecule has 2 aromatic rings. The van der Waals surface area contributed by atoms with E-state index in [0.29, 0.717) is 24.2 Å². The maximum Gasteiger partial charge on any atom is 0.253 e. The third-order valence-electron chi connectivity index (χ3n) is 3.88. The third kappa shape index (κ3) is 3.55. The topological polar surface area (TPSA) is 77.0 Å². The minimum atomic E-state index is 0.0220. The Hall–Kier alpha value is -2.02. The number of likely N-dealkylation sites (tertiary alicyclic amines) is 1. The molecule has 0 amide bonds. The zero-order valence-corrected chi connectivity index (χ0v) is 12.1. The summed E-state index contributed by atoms with van der Waals surface area (Å²) in [4.78, 5) is 22.2. The first-order chi connectivity index (χ1) is 10.2. The van der Waals surface area contributed by atoms with Crippen LogP contribution in [0.2, 0.25) is 0 Å². The number of aryl methyl sites for hydroxylation is 1. The fraction of sp³-hybridized carbons (Fsp3) is 0.571. The second-order valence-electron chi connectivity index (χ2n) is 5.53. The normalized spacial score (nSPS) is 17.2. The Morgan fingerprint density at radius 1 is 1.38 bits per heavy atom. The largest absolute Gasteiger partial charge is 0.338 e. The van der Waals surface area contributed by atoms with Crippen molar-refractivity contribution in [2.45, 2.75) is 32.9 Å². The highest BCUT2D eigenvalue weighted by molar-refractivity contribution is 4.86. The molecule has 7 heteroatoms. The summed E-state index contributed by atoms with van der Waals surface area (Å²) in [6, 6.07) is 1.51. The fourth-order valence-electron chi connectivity index (χ4n) is 2.72. The SMILES string of the molecule is Cc1noc(CN2CCC(Cn3cnccc3=O)CC2)n1. The number of nitrogens with zero attached hydrogens (tertiary/aromatic N) is 5. The number of piperidine rings is 1. The lowest BCUT2D eigenvalue weighted by molar-refractivity contribution is 0.150. The van der Waals surface area contributed by atoms with Gasteiger partial charge in [0.15, 0.2) is 5.82 Å². The standard InChI is InChI=1S/C14H19N5O2/c1-11-16-13(21-17-11)9-18-6-3-12(4-7-18)8-19-10-15-5-2-14(19)20/h2,5,10,12H,3-4,6-9H2,1H3. The highest BCUT2D eigenvalue weighted by Gasteiger charge is 2.21. The number of hydrogen-bond acceptors (Lipinski definition) is 6. The summed E-state index contributed by atoms with van der Waals surface area (Å²) in [5.74, 6) is 1.87. The minimum Gasteiger partial charge on any atom is -0.338 e. The van der Waals surface area contributed by atoms with Crippen LogP contribution in [0.25, 0.3) is 0 Å². The van der Waals surface area contributed by atoms with E-state index in [0.717, 1.165) is 32.5 Å². The number of aromatic nitrogens is 4. The van der Waals surface area contributed by atoms with Gasteiger partial charge in [0.05, 0.1) is 12.9 Å². The highest BCUT2D eigenvalue weighted by Crippen LogP contribution is 2.19. The lowest BCUT2D eigenvalue weighted by Gasteiger charge is -2.31. The lowest BCUT2D eigenvalue weighted by atomic mass is 9.97. The zero-order valence-electron chi connectivity index (χ0n) is 12.1. The molecule has 0 saturated carbocycles. The Labute approximate surface area is 122 Å². The average Bonchev–Trinajstić information content (AvgIpc) is 2.89. The summed E-state index contributed by atoms with van der Waals surface area (Å²) in [6.07, 6.45) is 5.28. The van der Waals surface area contributed by atoms with E-state index in [4.69, 9.17) is 4.52 Å². The van der Waals surface area contributed by atoms with Crippen molar-refractivity contribution in [3.8, 4) is 0 Å². The van der Waals surface area contributed by atoms with Gasteiger partial charge in [0.2, 0.25) is 5.89 Å². The lowest BCUT2D eigenvalue weighted by Crippen LogP contribution is -2.36. The zero-order chi connectivity index (χ0) is 14.7. The predicted molar refractivity (Wildman–Crippen MR) is 75.5 cm³/mol. The van der Waals surface area contributed by atoms with Crippen LogP contribution in [-0.2, 0) is 13.1 Å². The van der Waals surface area contributed by atoms with E-state index in [9.17, 15) is 4.79 Å². The van der Waals surface area contributed by atoms with Gasteiger partial charge in [-0.3, -0.25) is 14.3 Å². The van der Waals surface area contributed by atoms with Gasteiger partial charge >= 0.3 is 0 Å². The van der Waals surface area contributed by atoms with E-state index in [1.807, 2.05) is 6.92 Å². The monoisotopic (exact) mass is 289 g/mol. The molecule has 0 atom stereocenters. The van der Waals surface area contributed by atoms with Gasteiger partial charge in [-0.25, -0.2) is 4.98 Å². The van der Waals surface area contributed by atoms with Crippen molar-refractivity contribution < 1.29 is 4.52 Å². The summed E-state index contributed by atoms with van der Waals surface area (Å²) in [5, 5.41) is 3.80. The Kier molecular flexibility index (Phi) is 4.10. The molecule has 0 unspecified atom stereocenters. The van der Waals surface area contributed by atoms with Crippen LogP contribution in [0.1, 0.15) is 24.6 Å². The van der Waals surface area contributed by atoms with Crippen molar-refractivity contribution in [2.24, 2.45) is 5.92 Å². The molecule has 21 heavy (non-hydrogen) atoms. The Morgan fingerprint density at radius 3 is 2.86 bits per heavy atom. The third-order valence-corrected chi connectivity index (χ3v) is 3.88. The van der Waals surface area contributed by atoms with Crippen LogP contribution in [0.15, 0.2) is 27.9 Å². The molecular weight excluding hydrogens is 270 g/mol. The van der Waals surface area contributed by atoms with E-state index in [-0.39, 0.29) is 5.56 Å². The molecule has 1 saturated heterocycles. The van der Waals surface area contributed by atoms with Crippen LogP contribution in [-0.4, -0.2) is 37.7 Å². The predicted octanol–water partition coefficient (Wildman–Crippen LogP) is 0.847. The molecule has 0 aromatic carbocycles. The molecular formula is C14H19N5O2. The van der Waals surface area contributed by atoms with Crippen LogP contribution in [0.4, 0.5) is 0 Å². The van der Waals surface area contributed by atoms with Crippen molar-refractivity contribution in [2.75, 3.05) is 13.1 Å². The second kappa shape index (κ2) is 6.17. The second-order valence-corrected chi connectivity index (χ2v) is 5.53. The van der Waals surface area contributed by atoms with Crippen LogP contribution < -0.4 is 5.56 Å². The van der Waals surface area contributed by atoms with Gasteiger partial charge in [-0.1, -0.05) is 5.16 Å². The smallest absolute Gasteiger partial charge is 0.253 e. The molecule has 0 aliphatic carbocycles. The highest BCUT2D eigenvalue weighted by atomic mass is 16.5. The van der Waals surface area contributed by atoms with Crippen LogP contribution in [0.3, 0.4) is 0 Å². The van der Waals surface area contributed by atoms with Crippen molar-refractivity contribution >= 4 is 0 Å². The molecule has 0 bridgehead atoms. The molecule has 0 spiro atoms. The van der Waals surface area contributed by atoms with Gasteiger partial charge in [0.25, 0.3) is 5.56 Å². The molecule has 0 N–H and O–H groups in total. The van der Waals surface area contributed by atoms with E-state index >= 15 is 0 Å². The van der Waals surface area contributed by atoms with Crippen molar-refractivity contribution in [1.82, 2.24) is 24.6 Å². The summed E-state index contributed by atoms with van der Waals surface area (Å²) < 4.78 is 6.84. The van der Waals surface area contributed by atoms with Gasteiger partial charge in [-0.05, 0) is 38.8 Å². The van der Waals surface area contributed by atoms with E-state index in [2.05, 4.69) is 20.0 Å². The van der Waals surface area contributed by atoms with Crippen LogP contribution in [0.5, 0.6) is 0 Å². The summed E-state index contributed by atoms with van der Waals surface area (Å²) in [5.41, 5.74) is 0.0220. The van der Waals surface area contributed by atoms with Gasteiger partial charge in [-0.15, -0.1) is 0 Å². The Balaban J connectivity index is 1.51. The van der Waals surface area contributed by atoms with E-state index in [1.54, 1.807) is 10.9 Å². The van der Waals surface area contributed by atoms with Crippen LogP contribution in [0, 0.1) is 12.8 Å². The maximum atomic E-state index is 11.7. The number of rotatable bonds is 4. The molecule has 0 radical (unpaired) electrons. The molecule has 1 aliphatic heterocycles. The maximum absolute atomic E-state index is 11.7. The first-order valence-electron chi connectivity index (χ1n) is 7.23. The van der Waals surface area contributed by atoms with Gasteiger partial charge in [-0.2, -0.15) is 4.98 Å². The molecule has 3 heterocycles. The Morgan fingerprint density at radius 2 is 2.19 bits per heavy atom. The van der Waals surface area contributed by atoms with E-state index < -0.39 is 0 Å².